The summed E-state index contributed by atoms with van der Waals surface area (Å²) in [5, 5.41) is 3.31. The standard InChI is InChI=1S/C44H42FN2O.C23H25GeN2O.Ir/c1-27(2)35-24-32(30-16-8-5-6-9-17-30)25-36(28(3)4)42(35)47-39-19-13-12-18-38(39)46-44(47)34-22-23-37(45)41-33-21-20-31(26-40(33)48-43(34)41)29-14-10-7-11-15-29;1-23(2,3)20-13-11-17-16-8-7-9-18(21(16)27-22(17)26-20)19-12-10-15(14-25-19)24(4,5)6;/h7,10-15,18-21,23-28,30H,5-6,8-9,16-17H2,1-4H3;7-8,10-14H,1-6H3;/q2*-1;. The molecule has 1 aliphatic carbocycles. The number of rotatable bonds is 8. The molecule has 0 unspecified atom stereocenters. The van der Waals surface area contributed by atoms with Crippen LogP contribution < -0.4 is 4.40 Å². The van der Waals surface area contributed by atoms with E-state index in [4.69, 9.17) is 23.8 Å². The van der Waals surface area contributed by atoms with Crippen molar-refractivity contribution in [1.29, 1.82) is 0 Å². The number of benzene rings is 6. The summed E-state index contributed by atoms with van der Waals surface area (Å²) in [5.41, 5.74) is 15.4. The summed E-state index contributed by atoms with van der Waals surface area (Å²) in [6, 6.07) is 50.1. The average molecular weight is 1240 g/mol. The largest absolute Gasteiger partial charge is 0.500 e. The molecule has 5 heterocycles. The molecule has 0 N–H and O–H groups in total. The van der Waals surface area contributed by atoms with E-state index >= 15 is 4.39 Å². The van der Waals surface area contributed by atoms with Gasteiger partial charge in [-0.1, -0.05) is 126 Å². The molecule has 0 bridgehead atoms. The first-order chi connectivity index (χ1) is 36.0. The molecule has 0 aliphatic heterocycles. The molecule has 76 heavy (non-hydrogen) atoms. The zero-order chi connectivity index (χ0) is 52.3. The average Bonchev–Trinajstić information content (AvgIpc) is 4.09. The molecule has 1 radical (unpaired) electrons. The quantitative estimate of drug-likeness (QED) is 0.0861. The van der Waals surface area contributed by atoms with Crippen molar-refractivity contribution in [3.8, 4) is 39.5 Å². The fourth-order valence-electron chi connectivity index (χ4n) is 11.1. The van der Waals surface area contributed by atoms with Gasteiger partial charge in [0.2, 0.25) is 0 Å². The minimum absolute atomic E-state index is 0. The molecule has 11 aromatic rings. The summed E-state index contributed by atoms with van der Waals surface area (Å²) in [6.45, 7) is 15.7. The predicted octanol–water partition coefficient (Wildman–Crippen LogP) is 18.6. The van der Waals surface area contributed by atoms with Crippen molar-refractivity contribution in [3.63, 3.8) is 0 Å². The van der Waals surface area contributed by atoms with Crippen LogP contribution in [0.1, 0.15) is 127 Å². The molecular formula is C67H67FGeIrN4O2-2. The maximum Gasteiger partial charge on any atom is 0.121 e. The Morgan fingerprint density at radius 1 is 0.684 bits per heavy atom. The Balaban J connectivity index is 0.000000199. The number of hydrogen-bond donors (Lipinski definition) is 0. The maximum atomic E-state index is 15.8. The first-order valence-corrected chi connectivity index (χ1v) is 34.4. The number of nitrogens with zero attached hydrogens (tertiary/aromatic N) is 4. The Morgan fingerprint density at radius 3 is 2.05 bits per heavy atom. The summed E-state index contributed by atoms with van der Waals surface area (Å²) >= 11 is -1.87. The van der Waals surface area contributed by atoms with Crippen LogP contribution in [-0.4, -0.2) is 32.8 Å². The van der Waals surface area contributed by atoms with Gasteiger partial charge in [0.05, 0.1) is 22.4 Å². The van der Waals surface area contributed by atoms with Gasteiger partial charge in [-0.05, 0) is 82.0 Å². The van der Waals surface area contributed by atoms with Gasteiger partial charge in [-0.25, -0.2) is 0 Å². The van der Waals surface area contributed by atoms with Gasteiger partial charge in [-0.15, -0.1) is 12.1 Å². The molecule has 0 saturated heterocycles. The predicted molar refractivity (Wildman–Crippen MR) is 312 cm³/mol. The van der Waals surface area contributed by atoms with E-state index in [9.17, 15) is 0 Å². The Labute approximate surface area is 463 Å². The van der Waals surface area contributed by atoms with Gasteiger partial charge in [-0.3, -0.25) is 9.37 Å². The van der Waals surface area contributed by atoms with E-state index in [1.54, 1.807) is 0 Å². The fourth-order valence-corrected chi connectivity index (χ4v) is 13.3. The molecule has 1 aliphatic rings. The number of halogens is 1. The first kappa shape index (κ1) is 53.2. The third kappa shape index (κ3) is 10.1. The number of fused-ring (bicyclic) bond motifs is 7. The molecule has 0 atom stereocenters. The van der Waals surface area contributed by atoms with Crippen LogP contribution in [0.15, 0.2) is 142 Å². The van der Waals surface area contributed by atoms with Crippen LogP contribution in [0.2, 0.25) is 17.3 Å². The Kier molecular flexibility index (Phi) is 14.9. The van der Waals surface area contributed by atoms with E-state index < -0.39 is 13.3 Å². The van der Waals surface area contributed by atoms with Crippen molar-refractivity contribution >= 4 is 72.7 Å². The summed E-state index contributed by atoms with van der Waals surface area (Å²) < 4.78 is 32.3. The monoisotopic (exact) mass is 1250 g/mol. The van der Waals surface area contributed by atoms with E-state index in [2.05, 4.69) is 149 Å². The molecule has 12 rings (SSSR count). The molecule has 5 aromatic heterocycles. The van der Waals surface area contributed by atoms with E-state index in [1.165, 1.54) is 71.4 Å². The number of pyridine rings is 2. The minimum atomic E-state index is -1.87. The van der Waals surface area contributed by atoms with E-state index in [0.717, 1.165) is 66.7 Å². The number of aromatic nitrogens is 4. The van der Waals surface area contributed by atoms with Crippen molar-refractivity contribution in [2.45, 2.75) is 127 Å². The zero-order valence-electron chi connectivity index (χ0n) is 45.5. The summed E-state index contributed by atoms with van der Waals surface area (Å²) in [5.74, 6) is 8.67. The maximum absolute atomic E-state index is 15.8. The Hall–Kier alpha value is -6.19. The van der Waals surface area contributed by atoms with Gasteiger partial charge >= 0.3 is 163 Å². The van der Waals surface area contributed by atoms with Gasteiger partial charge in [0.15, 0.2) is 0 Å². The van der Waals surface area contributed by atoms with Crippen molar-refractivity contribution in [1.82, 2.24) is 19.5 Å². The first-order valence-electron chi connectivity index (χ1n) is 27.0. The van der Waals surface area contributed by atoms with Gasteiger partial charge in [-0.2, -0.15) is 0 Å². The van der Waals surface area contributed by atoms with Crippen molar-refractivity contribution in [2.24, 2.45) is 0 Å². The van der Waals surface area contributed by atoms with Crippen molar-refractivity contribution in [2.75, 3.05) is 0 Å². The minimum Gasteiger partial charge on any atom is -0.500 e. The number of furan rings is 2. The number of para-hydroxylation sites is 2. The second-order valence-electron chi connectivity index (χ2n) is 23.4. The summed E-state index contributed by atoms with van der Waals surface area (Å²) in [7, 11) is 0. The molecule has 1 saturated carbocycles. The van der Waals surface area contributed by atoms with Gasteiger partial charge in [0.1, 0.15) is 5.58 Å². The van der Waals surface area contributed by atoms with Crippen LogP contribution in [0.3, 0.4) is 0 Å². The number of hydrogen-bond acceptors (Lipinski definition) is 5. The van der Waals surface area contributed by atoms with Gasteiger partial charge in [0.25, 0.3) is 0 Å². The summed E-state index contributed by atoms with van der Waals surface area (Å²) in [6.07, 6.45) is 9.83. The van der Waals surface area contributed by atoms with Crippen molar-refractivity contribution < 1.29 is 33.3 Å². The Morgan fingerprint density at radius 2 is 1.38 bits per heavy atom. The molecule has 6 aromatic carbocycles. The molecule has 0 amide bonds. The second kappa shape index (κ2) is 21.3. The van der Waals surface area contributed by atoms with Crippen LogP contribution in [-0.2, 0) is 25.5 Å². The molecule has 1 fully saturated rings. The SMILES string of the molecule is CC(C)(C)c1ccc2c(n1)oc1c(-c3cc[c]([Ge]([CH3])([CH3])[CH3])cn3)[c-]ccc12.CC(C)c1cc(C2CCCCCC2)cc(C(C)C)c1-n1c(-c2[c-]cc(F)c3c2oc2cc(-c4ccccc4)ccc23)nc2ccccc21.[Ir]. The van der Waals surface area contributed by atoms with Crippen LogP contribution in [0.4, 0.5) is 4.39 Å². The molecule has 6 nitrogen and oxygen atoms in total. The second-order valence-corrected chi connectivity index (χ2v) is 34.0. The molecule has 389 valence electrons. The van der Waals surface area contributed by atoms with E-state index in [0.29, 0.717) is 33.7 Å². The Bertz CT molecular complexity index is 3860. The smallest absolute Gasteiger partial charge is 0.121 e. The third-order valence-corrected chi connectivity index (χ3v) is 19.6. The molecule has 0 spiro atoms. The fraction of sp³-hybridized carbons (Fsp3) is 0.299. The van der Waals surface area contributed by atoms with Crippen LogP contribution >= 0.6 is 0 Å². The van der Waals surface area contributed by atoms with E-state index in [-0.39, 0.29) is 43.2 Å². The van der Waals surface area contributed by atoms with Gasteiger partial charge in [0, 0.05) is 37.0 Å². The van der Waals surface area contributed by atoms with Crippen LogP contribution in [0, 0.1) is 17.9 Å². The van der Waals surface area contributed by atoms with Crippen molar-refractivity contribution in [3.05, 3.63) is 174 Å². The normalized spacial score (nSPS) is 13.8. The van der Waals surface area contributed by atoms with Gasteiger partial charge < -0.3 is 8.98 Å². The van der Waals surface area contributed by atoms with E-state index in [1.807, 2.05) is 60.8 Å². The molecular weight excluding hydrogens is 1180 g/mol. The number of imidazole rings is 1. The zero-order valence-corrected chi connectivity index (χ0v) is 50.0. The van der Waals surface area contributed by atoms with Crippen LogP contribution in [0.5, 0.6) is 0 Å². The third-order valence-electron chi connectivity index (χ3n) is 15.3. The van der Waals surface area contributed by atoms with Crippen LogP contribution in [0.25, 0.3) is 94.5 Å². The molecule has 9 heteroatoms. The topological polar surface area (TPSA) is 69.9 Å². The summed E-state index contributed by atoms with van der Waals surface area (Å²) in [4.78, 5) is 14.7.